The van der Waals surface area contributed by atoms with Crippen LogP contribution >= 0.6 is 0 Å². The summed E-state index contributed by atoms with van der Waals surface area (Å²) >= 11 is 0. The number of aliphatic hydroxyl groups is 2. The van der Waals surface area contributed by atoms with Crippen molar-refractivity contribution in [3.8, 4) is 0 Å². The van der Waals surface area contributed by atoms with Crippen molar-refractivity contribution in [1.29, 1.82) is 0 Å². The standard InChI is InChI=1S/C25H23NO3.C12H13NO3/c1-17(27)21-23(24(28)20-15-9-4-10-16-20)26(25(21)29)22(18-11-5-2-6-12-18)19-13-7-3-8-14-19;1-7(14)9-10(13-12(9)16)11(15)8-5-3-2-4-6-8/h2-17,21-23,27H,1H3;2-7,9-10,14H,1H3,(H,13,16)/t17-,21-,23+;7-,9-,10+/m11/s1. The molecule has 8 nitrogen and oxygen atoms in total. The summed E-state index contributed by atoms with van der Waals surface area (Å²) in [5.74, 6) is -2.11. The van der Waals surface area contributed by atoms with Gasteiger partial charge in [0.15, 0.2) is 11.6 Å². The number of β-lactam (4-membered cyclic amide) rings is 2. The van der Waals surface area contributed by atoms with Crippen molar-refractivity contribution >= 4 is 23.4 Å². The molecule has 0 aromatic heterocycles. The zero-order valence-electron chi connectivity index (χ0n) is 25.1. The highest BCUT2D eigenvalue weighted by molar-refractivity contribution is 6.09. The van der Waals surface area contributed by atoms with Gasteiger partial charge in [-0.2, -0.15) is 0 Å². The monoisotopic (exact) mass is 604 g/mol. The van der Waals surface area contributed by atoms with Crippen LogP contribution in [0.3, 0.4) is 0 Å². The Hall–Kier alpha value is -4.92. The number of amides is 2. The maximum absolute atomic E-state index is 13.4. The fourth-order valence-corrected chi connectivity index (χ4v) is 6.04. The van der Waals surface area contributed by atoms with Gasteiger partial charge in [0.05, 0.1) is 30.1 Å². The maximum Gasteiger partial charge on any atom is 0.232 e. The summed E-state index contributed by atoms with van der Waals surface area (Å²) in [4.78, 5) is 51.3. The minimum absolute atomic E-state index is 0.145. The number of rotatable bonds is 9. The second kappa shape index (κ2) is 13.8. The molecule has 0 bridgehead atoms. The smallest absolute Gasteiger partial charge is 0.232 e. The number of Topliss-reactive ketones (excluding diaryl/α,β-unsaturated/α-hetero) is 2. The molecule has 2 heterocycles. The van der Waals surface area contributed by atoms with Gasteiger partial charge in [0, 0.05) is 11.1 Å². The number of carbonyl (C=O) groups excluding carboxylic acids is 4. The maximum atomic E-state index is 13.4. The predicted molar refractivity (Wildman–Crippen MR) is 169 cm³/mol. The molecule has 0 unspecified atom stereocenters. The number of hydrogen-bond acceptors (Lipinski definition) is 6. The molecule has 4 aromatic rings. The minimum atomic E-state index is -0.899. The third-order valence-electron chi connectivity index (χ3n) is 8.36. The van der Waals surface area contributed by atoms with Crippen molar-refractivity contribution in [1.82, 2.24) is 10.2 Å². The van der Waals surface area contributed by atoms with Crippen molar-refractivity contribution < 1.29 is 29.4 Å². The molecule has 8 heteroatoms. The minimum Gasteiger partial charge on any atom is -0.392 e. The molecule has 230 valence electrons. The van der Waals surface area contributed by atoms with E-state index in [1.165, 1.54) is 6.92 Å². The highest BCUT2D eigenvalue weighted by Crippen LogP contribution is 2.42. The van der Waals surface area contributed by atoms with Gasteiger partial charge < -0.3 is 20.4 Å². The molecular formula is C37H36N2O6. The lowest BCUT2D eigenvalue weighted by Gasteiger charge is -2.51. The van der Waals surface area contributed by atoms with Gasteiger partial charge >= 0.3 is 0 Å². The van der Waals surface area contributed by atoms with Crippen LogP contribution in [-0.4, -0.2) is 62.8 Å². The summed E-state index contributed by atoms with van der Waals surface area (Å²) in [6, 6.07) is 35.4. The van der Waals surface area contributed by atoms with Crippen molar-refractivity contribution in [3.63, 3.8) is 0 Å². The van der Waals surface area contributed by atoms with Crippen molar-refractivity contribution in [2.24, 2.45) is 11.8 Å². The Bertz CT molecular complexity index is 1590. The molecule has 0 spiro atoms. The summed E-state index contributed by atoms with van der Waals surface area (Å²) in [6.07, 6.45) is -1.70. The highest BCUT2D eigenvalue weighted by Gasteiger charge is 2.56. The molecular weight excluding hydrogens is 568 g/mol. The van der Waals surface area contributed by atoms with Crippen LogP contribution < -0.4 is 5.32 Å². The van der Waals surface area contributed by atoms with Gasteiger partial charge in [-0.1, -0.05) is 121 Å². The highest BCUT2D eigenvalue weighted by atomic mass is 16.3. The van der Waals surface area contributed by atoms with E-state index >= 15 is 0 Å². The molecule has 4 aromatic carbocycles. The summed E-state index contributed by atoms with van der Waals surface area (Å²) in [5, 5.41) is 22.2. The summed E-state index contributed by atoms with van der Waals surface area (Å²) in [6.45, 7) is 3.10. The van der Waals surface area contributed by atoms with E-state index in [9.17, 15) is 29.4 Å². The van der Waals surface area contributed by atoms with Gasteiger partial charge in [0.1, 0.15) is 12.1 Å². The van der Waals surface area contributed by atoms with E-state index < -0.39 is 42.2 Å². The molecule has 2 fully saturated rings. The Balaban J connectivity index is 0.000000211. The third-order valence-corrected chi connectivity index (χ3v) is 8.36. The van der Waals surface area contributed by atoms with Crippen LogP contribution in [0, 0.1) is 11.8 Å². The van der Waals surface area contributed by atoms with Crippen LogP contribution in [-0.2, 0) is 9.59 Å². The molecule has 6 atom stereocenters. The second-order valence-corrected chi connectivity index (χ2v) is 11.4. The van der Waals surface area contributed by atoms with E-state index in [0.29, 0.717) is 11.1 Å². The second-order valence-electron chi connectivity index (χ2n) is 11.4. The first-order valence-corrected chi connectivity index (χ1v) is 15.0. The quantitative estimate of drug-likeness (QED) is 0.194. The van der Waals surface area contributed by atoms with E-state index in [1.807, 2.05) is 72.8 Å². The van der Waals surface area contributed by atoms with Crippen LogP contribution in [0.4, 0.5) is 0 Å². The molecule has 2 aliphatic heterocycles. The molecule has 45 heavy (non-hydrogen) atoms. The Kier molecular flexibility index (Phi) is 9.66. The molecule has 3 N–H and O–H groups in total. The Morgan fingerprint density at radius 2 is 1.02 bits per heavy atom. The summed E-state index contributed by atoms with van der Waals surface area (Å²) in [7, 11) is 0. The van der Waals surface area contributed by atoms with Crippen LogP contribution in [0.1, 0.15) is 51.7 Å². The van der Waals surface area contributed by atoms with Gasteiger partial charge in [-0.25, -0.2) is 0 Å². The molecule has 2 saturated heterocycles. The molecule has 0 radical (unpaired) electrons. The van der Waals surface area contributed by atoms with Gasteiger partial charge in [0.2, 0.25) is 11.8 Å². The fraction of sp³-hybridized carbons (Fsp3) is 0.243. The number of carbonyl (C=O) groups is 4. The Morgan fingerprint density at radius 1 is 0.622 bits per heavy atom. The zero-order valence-corrected chi connectivity index (χ0v) is 25.1. The topological polar surface area (TPSA) is 124 Å². The lowest BCUT2D eigenvalue weighted by Crippen LogP contribution is -2.68. The van der Waals surface area contributed by atoms with E-state index in [2.05, 4.69) is 5.32 Å². The number of hydrogen-bond donors (Lipinski definition) is 3. The molecule has 0 aliphatic carbocycles. The first kappa shape index (κ1) is 31.5. The average molecular weight is 605 g/mol. The fourth-order valence-electron chi connectivity index (χ4n) is 6.04. The van der Waals surface area contributed by atoms with Crippen LogP contribution in [0.25, 0.3) is 0 Å². The SMILES string of the molecule is C[C@@H](O)[C@H]1C(=O)N(C(c2ccccc2)c2ccccc2)[C@@H]1C(=O)c1ccccc1.C[C@@H](O)[C@H]1C(=O)N[C@@H]1C(=O)c1ccccc1. The Morgan fingerprint density at radius 3 is 1.42 bits per heavy atom. The van der Waals surface area contributed by atoms with Crippen LogP contribution in [0.15, 0.2) is 121 Å². The molecule has 0 saturated carbocycles. The van der Waals surface area contributed by atoms with Gasteiger partial charge in [-0.15, -0.1) is 0 Å². The number of aliphatic hydroxyl groups excluding tert-OH is 2. The average Bonchev–Trinajstić information content (AvgIpc) is 3.05. The normalized spacial score (nSPS) is 21.8. The molecule has 6 rings (SSSR count). The largest absolute Gasteiger partial charge is 0.392 e. The van der Waals surface area contributed by atoms with Gasteiger partial charge in [-0.3, -0.25) is 19.2 Å². The van der Waals surface area contributed by atoms with E-state index in [4.69, 9.17) is 0 Å². The van der Waals surface area contributed by atoms with E-state index in [0.717, 1.165) is 11.1 Å². The van der Waals surface area contributed by atoms with Crippen molar-refractivity contribution in [2.45, 2.75) is 44.2 Å². The van der Waals surface area contributed by atoms with Gasteiger partial charge in [0.25, 0.3) is 0 Å². The number of likely N-dealkylation sites (tertiary alicyclic amines) is 1. The summed E-state index contributed by atoms with van der Waals surface area (Å²) < 4.78 is 0. The van der Waals surface area contributed by atoms with E-state index in [-0.39, 0.29) is 23.4 Å². The first-order chi connectivity index (χ1) is 21.7. The molecule has 2 aliphatic rings. The number of ketones is 2. The third kappa shape index (κ3) is 6.48. The lowest BCUT2D eigenvalue weighted by atomic mass is 9.76. The number of nitrogens with zero attached hydrogens (tertiary/aromatic N) is 1. The van der Waals surface area contributed by atoms with Gasteiger partial charge in [-0.05, 0) is 25.0 Å². The predicted octanol–water partition coefficient (Wildman–Crippen LogP) is 4.23. The van der Waals surface area contributed by atoms with Crippen molar-refractivity contribution in [3.05, 3.63) is 144 Å². The van der Waals surface area contributed by atoms with Crippen LogP contribution in [0.2, 0.25) is 0 Å². The first-order valence-electron chi connectivity index (χ1n) is 15.0. The molecule has 2 amide bonds. The van der Waals surface area contributed by atoms with Crippen LogP contribution in [0.5, 0.6) is 0 Å². The lowest BCUT2D eigenvalue weighted by molar-refractivity contribution is -0.163. The summed E-state index contributed by atoms with van der Waals surface area (Å²) in [5.41, 5.74) is 2.96. The van der Waals surface area contributed by atoms with Crippen molar-refractivity contribution in [2.75, 3.05) is 0 Å². The number of nitrogens with one attached hydrogen (secondary N) is 1. The Labute approximate surface area is 262 Å². The number of benzene rings is 4. The van der Waals surface area contributed by atoms with E-state index in [1.54, 1.807) is 60.4 Å². The zero-order chi connectivity index (χ0) is 32.1.